The van der Waals surface area contributed by atoms with Crippen LogP contribution in [0.5, 0.6) is 0 Å². The van der Waals surface area contributed by atoms with E-state index in [0.29, 0.717) is 16.7 Å². The topological polar surface area (TPSA) is 135 Å². The van der Waals surface area contributed by atoms with Crippen molar-refractivity contribution in [3.63, 3.8) is 0 Å². The van der Waals surface area contributed by atoms with Gasteiger partial charge in [-0.1, -0.05) is 42.0 Å². The monoisotopic (exact) mass is 438 g/mol. The second-order valence-electron chi connectivity index (χ2n) is 7.45. The fraction of sp³-hybridized carbons (Fsp3) is 0.304. The third kappa shape index (κ3) is 4.47. The van der Waals surface area contributed by atoms with Crippen LogP contribution in [0.3, 0.4) is 0 Å². The third-order valence-electron chi connectivity index (χ3n) is 5.05. The highest BCUT2D eigenvalue weighted by molar-refractivity contribution is 6.02. The average Bonchev–Trinajstić information content (AvgIpc) is 3.07. The molecule has 4 N–H and O–H groups in total. The fourth-order valence-corrected chi connectivity index (χ4v) is 3.54. The Bertz CT molecular complexity index is 1070. The smallest absolute Gasteiger partial charge is 0.383 e. The maximum absolute atomic E-state index is 13.3. The van der Waals surface area contributed by atoms with Crippen LogP contribution in [0.1, 0.15) is 46.5 Å². The predicted octanol–water partition coefficient (Wildman–Crippen LogP) is 1.80. The normalized spacial score (nSPS) is 14.5. The molecule has 1 heterocycles. The molecule has 2 aromatic rings. The number of fused-ring (bicyclic) bond motifs is 1. The Hall–Kier alpha value is -3.72. The zero-order chi connectivity index (χ0) is 23.5. The molecular formula is C23H26N4O5. The number of aryl methyl sites for hydroxylation is 1. The molecule has 1 aliphatic heterocycles. The van der Waals surface area contributed by atoms with Gasteiger partial charge in [-0.3, -0.25) is 24.7 Å². The van der Waals surface area contributed by atoms with Gasteiger partial charge >= 0.3 is 17.8 Å². The highest BCUT2D eigenvalue weighted by atomic mass is 16.7. The summed E-state index contributed by atoms with van der Waals surface area (Å²) in [4.78, 5) is 39.6. The first-order chi connectivity index (χ1) is 15.2. The molecule has 0 saturated heterocycles. The van der Waals surface area contributed by atoms with E-state index in [1.807, 2.05) is 19.1 Å². The molecule has 168 valence electrons. The minimum atomic E-state index is -2.25. The van der Waals surface area contributed by atoms with Crippen LogP contribution in [0.15, 0.2) is 42.5 Å². The van der Waals surface area contributed by atoms with E-state index < -0.39 is 23.7 Å². The van der Waals surface area contributed by atoms with Gasteiger partial charge in [0.15, 0.2) is 0 Å². The number of benzene rings is 2. The molecule has 9 nitrogen and oxygen atoms in total. The second-order valence-corrected chi connectivity index (χ2v) is 7.45. The van der Waals surface area contributed by atoms with Gasteiger partial charge in [0, 0.05) is 24.6 Å². The van der Waals surface area contributed by atoms with Gasteiger partial charge in [0.2, 0.25) is 0 Å². The van der Waals surface area contributed by atoms with Crippen LogP contribution in [-0.2, 0) is 32.2 Å². The van der Waals surface area contributed by atoms with Crippen molar-refractivity contribution in [2.45, 2.75) is 39.8 Å². The number of nitrogens with one attached hydrogen (secondary N) is 2. The fourth-order valence-electron chi connectivity index (χ4n) is 3.54. The molecular weight excluding hydrogens is 412 g/mol. The number of carbonyl (C=O) groups is 3. The van der Waals surface area contributed by atoms with E-state index in [9.17, 15) is 14.4 Å². The minimum absolute atomic E-state index is 0.0210. The number of hydrogen-bond donors (Lipinski definition) is 3. The summed E-state index contributed by atoms with van der Waals surface area (Å²) in [6.07, 6.45) is 0. The molecule has 1 atom stereocenters. The van der Waals surface area contributed by atoms with Crippen LogP contribution in [0.2, 0.25) is 0 Å². The van der Waals surface area contributed by atoms with Crippen molar-refractivity contribution in [1.82, 2.24) is 10.2 Å². The van der Waals surface area contributed by atoms with Crippen LogP contribution >= 0.6 is 0 Å². The highest BCUT2D eigenvalue weighted by Gasteiger charge is 2.54. The largest absolute Gasteiger partial charge is 0.405 e. The number of ether oxygens (including phenoxy) is 2. The van der Waals surface area contributed by atoms with Crippen molar-refractivity contribution >= 4 is 23.6 Å². The maximum atomic E-state index is 13.3. The zero-order valence-electron chi connectivity index (χ0n) is 18.2. The minimum Gasteiger partial charge on any atom is -0.405 e. The Balaban J connectivity index is 1.89. The van der Waals surface area contributed by atoms with Crippen molar-refractivity contribution in [3.8, 4) is 0 Å². The van der Waals surface area contributed by atoms with E-state index in [2.05, 4.69) is 5.32 Å². The average molecular weight is 438 g/mol. The van der Waals surface area contributed by atoms with E-state index in [1.54, 1.807) is 37.3 Å². The molecule has 0 saturated carbocycles. The van der Waals surface area contributed by atoms with Gasteiger partial charge in [0.05, 0.1) is 13.2 Å². The first-order valence-corrected chi connectivity index (χ1v) is 10.1. The lowest BCUT2D eigenvalue weighted by Crippen LogP contribution is -2.63. The molecule has 3 rings (SSSR count). The van der Waals surface area contributed by atoms with E-state index in [0.717, 1.165) is 23.0 Å². The summed E-state index contributed by atoms with van der Waals surface area (Å²) in [5, 5.41) is 10.2. The van der Waals surface area contributed by atoms with Gasteiger partial charge in [-0.25, -0.2) is 0 Å². The first-order valence-electron chi connectivity index (χ1n) is 10.1. The van der Waals surface area contributed by atoms with Crippen LogP contribution in [0.25, 0.3) is 0 Å². The van der Waals surface area contributed by atoms with E-state index in [-0.39, 0.29) is 25.5 Å². The molecule has 0 fully saturated rings. The van der Waals surface area contributed by atoms with Gasteiger partial charge in [-0.05, 0) is 31.0 Å². The molecule has 32 heavy (non-hydrogen) atoms. The van der Waals surface area contributed by atoms with Gasteiger partial charge in [-0.15, -0.1) is 0 Å². The Morgan fingerprint density at radius 2 is 1.91 bits per heavy atom. The van der Waals surface area contributed by atoms with Gasteiger partial charge in [0.25, 0.3) is 5.91 Å². The van der Waals surface area contributed by atoms with Crippen LogP contribution in [0, 0.1) is 12.3 Å². The Kier molecular flexibility index (Phi) is 6.59. The molecule has 9 heteroatoms. The molecule has 2 amide bonds. The SMILES string of the molecule is CCO[C@](OC(C)=O)(C(=O)NCc1ccc(C(=N)N)cc1)N1Cc2ccc(C)cc2C1=O. The van der Waals surface area contributed by atoms with Gasteiger partial charge < -0.3 is 20.5 Å². The predicted molar refractivity (Wildman–Crippen MR) is 116 cm³/mol. The Morgan fingerprint density at radius 3 is 2.50 bits per heavy atom. The number of amides is 2. The number of nitrogens with two attached hydrogens (primary N) is 1. The third-order valence-corrected chi connectivity index (χ3v) is 5.05. The van der Waals surface area contributed by atoms with Crippen molar-refractivity contribution in [3.05, 3.63) is 70.3 Å². The molecule has 0 aromatic heterocycles. The molecule has 0 bridgehead atoms. The summed E-state index contributed by atoms with van der Waals surface area (Å²) in [7, 11) is 0. The standard InChI is InChI=1S/C23H26N4O5/c1-4-31-23(32-15(3)28,27-13-18-8-5-14(2)11-19(18)21(27)29)22(30)26-12-16-6-9-17(10-7-16)20(24)25/h5-11H,4,12-13H2,1-3H3,(H3,24,25)(H,26,30)/t23-/m0/s1. The lowest BCUT2D eigenvalue weighted by atomic mass is 10.1. The number of carbonyl (C=O) groups excluding carboxylic acids is 3. The first kappa shape index (κ1) is 23.0. The molecule has 0 unspecified atom stereocenters. The number of nitrogen functional groups attached to an aromatic ring is 1. The van der Waals surface area contributed by atoms with Crippen molar-refractivity contribution in [2.24, 2.45) is 5.73 Å². The lowest BCUT2D eigenvalue weighted by Gasteiger charge is -2.37. The highest BCUT2D eigenvalue weighted by Crippen LogP contribution is 2.32. The summed E-state index contributed by atoms with van der Waals surface area (Å²) < 4.78 is 11.0. The van der Waals surface area contributed by atoms with Gasteiger partial charge in [-0.2, -0.15) is 0 Å². The zero-order valence-corrected chi connectivity index (χ0v) is 18.2. The van der Waals surface area contributed by atoms with Crippen LogP contribution in [-0.4, -0.2) is 41.0 Å². The summed E-state index contributed by atoms with van der Waals surface area (Å²) in [6.45, 7) is 4.82. The number of rotatable bonds is 8. The second kappa shape index (κ2) is 9.19. The summed E-state index contributed by atoms with van der Waals surface area (Å²) >= 11 is 0. The Labute approximate surface area is 186 Å². The number of hydrogen-bond acceptors (Lipinski definition) is 6. The molecule has 0 radical (unpaired) electrons. The van der Waals surface area contributed by atoms with E-state index in [4.69, 9.17) is 20.6 Å². The lowest BCUT2D eigenvalue weighted by molar-refractivity contribution is -0.272. The summed E-state index contributed by atoms with van der Waals surface area (Å²) in [5.74, 6) is -4.31. The van der Waals surface area contributed by atoms with Crippen molar-refractivity contribution in [1.29, 1.82) is 5.41 Å². The number of nitrogens with zero attached hydrogens (tertiary/aromatic N) is 1. The maximum Gasteiger partial charge on any atom is 0.383 e. The van der Waals surface area contributed by atoms with Crippen molar-refractivity contribution in [2.75, 3.05) is 6.61 Å². The Morgan fingerprint density at radius 1 is 1.22 bits per heavy atom. The van der Waals surface area contributed by atoms with E-state index >= 15 is 0 Å². The van der Waals surface area contributed by atoms with Crippen molar-refractivity contribution < 1.29 is 23.9 Å². The molecule has 0 aliphatic carbocycles. The quantitative estimate of drug-likeness (QED) is 0.249. The number of esters is 1. The number of amidine groups is 1. The molecule has 0 spiro atoms. The van der Waals surface area contributed by atoms with E-state index in [1.165, 1.54) is 0 Å². The summed E-state index contributed by atoms with van der Waals surface area (Å²) in [5.41, 5.74) is 8.79. The van der Waals surface area contributed by atoms with Gasteiger partial charge in [0.1, 0.15) is 5.84 Å². The molecule has 2 aromatic carbocycles. The summed E-state index contributed by atoms with van der Waals surface area (Å²) in [6, 6.07) is 12.2. The molecule has 1 aliphatic rings. The van der Waals surface area contributed by atoms with Crippen LogP contribution < -0.4 is 11.1 Å². The van der Waals surface area contributed by atoms with Crippen LogP contribution in [0.4, 0.5) is 0 Å².